The first kappa shape index (κ1) is 17.9. The van der Waals surface area contributed by atoms with Crippen molar-refractivity contribution in [1.29, 1.82) is 0 Å². The van der Waals surface area contributed by atoms with Crippen LogP contribution in [0.5, 0.6) is 5.75 Å². The van der Waals surface area contributed by atoms with Gasteiger partial charge >= 0.3 is 6.61 Å². The summed E-state index contributed by atoms with van der Waals surface area (Å²) >= 11 is 0. The zero-order valence-electron chi connectivity index (χ0n) is 15.3. The van der Waals surface area contributed by atoms with Gasteiger partial charge in [0.25, 0.3) is 0 Å². The molecule has 0 spiro atoms. The fraction of sp³-hybridized carbons (Fsp3) is 0.381. The quantitative estimate of drug-likeness (QED) is 0.720. The summed E-state index contributed by atoms with van der Waals surface area (Å²) in [5, 5.41) is 3.40. The first-order valence-corrected chi connectivity index (χ1v) is 9.32. The Hall–Kier alpha value is -2.47. The van der Waals surface area contributed by atoms with Crippen LogP contribution in [0.4, 0.5) is 8.78 Å². The molecule has 1 aliphatic heterocycles. The van der Waals surface area contributed by atoms with Crippen LogP contribution in [0.15, 0.2) is 42.5 Å². The van der Waals surface area contributed by atoms with E-state index < -0.39 is 6.61 Å². The number of fused-ring (bicyclic) bond motifs is 1. The number of para-hydroxylation sites is 1. The summed E-state index contributed by atoms with van der Waals surface area (Å²) in [7, 11) is 0. The molecule has 6 heteroatoms. The van der Waals surface area contributed by atoms with Gasteiger partial charge in [-0.05, 0) is 62.5 Å². The largest absolute Gasteiger partial charge is 0.434 e. The highest BCUT2D eigenvalue weighted by molar-refractivity contribution is 5.77. The number of aryl methyl sites for hydroxylation is 1. The lowest BCUT2D eigenvalue weighted by atomic mass is 9.90. The van der Waals surface area contributed by atoms with E-state index in [1.807, 2.05) is 19.1 Å². The Morgan fingerprint density at radius 1 is 1.19 bits per heavy atom. The van der Waals surface area contributed by atoms with Crippen molar-refractivity contribution in [3.63, 3.8) is 0 Å². The van der Waals surface area contributed by atoms with Gasteiger partial charge in [-0.3, -0.25) is 0 Å². The molecule has 1 fully saturated rings. The monoisotopic (exact) mass is 371 g/mol. The minimum Gasteiger partial charge on any atom is -0.434 e. The predicted molar refractivity (Wildman–Crippen MR) is 101 cm³/mol. The topological polar surface area (TPSA) is 39.1 Å². The number of aromatic nitrogens is 2. The SMILES string of the molecule is Cc1nc2ccc(C3CCNCC3)cc2n1Cc1ccccc1OC(F)F. The van der Waals surface area contributed by atoms with Crippen LogP contribution in [-0.4, -0.2) is 29.3 Å². The van der Waals surface area contributed by atoms with Crippen molar-refractivity contribution >= 4 is 11.0 Å². The highest BCUT2D eigenvalue weighted by Crippen LogP contribution is 2.30. The van der Waals surface area contributed by atoms with Gasteiger partial charge in [0.15, 0.2) is 0 Å². The van der Waals surface area contributed by atoms with E-state index in [4.69, 9.17) is 4.74 Å². The third-order valence-electron chi connectivity index (χ3n) is 5.29. The first-order valence-electron chi connectivity index (χ1n) is 9.32. The van der Waals surface area contributed by atoms with E-state index in [0.29, 0.717) is 18.0 Å². The second-order valence-electron chi connectivity index (χ2n) is 7.00. The molecule has 0 aliphatic carbocycles. The molecular weight excluding hydrogens is 348 g/mol. The lowest BCUT2D eigenvalue weighted by Crippen LogP contribution is -2.26. The molecule has 142 valence electrons. The third kappa shape index (κ3) is 3.81. The summed E-state index contributed by atoms with van der Waals surface area (Å²) in [6, 6.07) is 13.4. The fourth-order valence-electron chi connectivity index (χ4n) is 3.88. The second kappa shape index (κ2) is 7.64. The molecule has 0 saturated carbocycles. The Kier molecular flexibility index (Phi) is 5.07. The number of rotatable bonds is 5. The smallest absolute Gasteiger partial charge is 0.387 e. The Bertz CT molecular complexity index is 932. The van der Waals surface area contributed by atoms with Crippen LogP contribution in [0.3, 0.4) is 0 Å². The van der Waals surface area contributed by atoms with Gasteiger partial charge in [0, 0.05) is 5.56 Å². The maximum absolute atomic E-state index is 12.7. The Balaban J connectivity index is 1.70. The van der Waals surface area contributed by atoms with Crippen LogP contribution in [0.25, 0.3) is 11.0 Å². The van der Waals surface area contributed by atoms with Crippen LogP contribution in [0.1, 0.15) is 35.7 Å². The molecule has 27 heavy (non-hydrogen) atoms. The molecule has 2 aromatic carbocycles. The van der Waals surface area contributed by atoms with Crippen LogP contribution in [-0.2, 0) is 6.54 Å². The van der Waals surface area contributed by atoms with Crippen molar-refractivity contribution in [1.82, 2.24) is 14.9 Å². The average molecular weight is 371 g/mol. The first-order chi connectivity index (χ1) is 13.1. The number of nitrogens with zero attached hydrogens (tertiary/aromatic N) is 2. The molecule has 0 unspecified atom stereocenters. The number of ether oxygens (including phenoxy) is 1. The molecule has 1 aliphatic rings. The lowest BCUT2D eigenvalue weighted by Gasteiger charge is -2.23. The van der Waals surface area contributed by atoms with Crippen molar-refractivity contribution in [3.05, 3.63) is 59.4 Å². The van der Waals surface area contributed by atoms with Crippen LogP contribution < -0.4 is 10.1 Å². The second-order valence-corrected chi connectivity index (χ2v) is 7.00. The molecule has 0 atom stereocenters. The lowest BCUT2D eigenvalue weighted by molar-refractivity contribution is -0.0504. The summed E-state index contributed by atoms with van der Waals surface area (Å²) in [6.45, 7) is 1.64. The Morgan fingerprint density at radius 3 is 2.74 bits per heavy atom. The Labute approximate surface area is 157 Å². The standard InChI is InChI=1S/C21H23F2N3O/c1-14-25-18-7-6-16(15-8-10-24-11-9-15)12-19(18)26(14)13-17-4-2-3-5-20(17)27-21(22)23/h2-7,12,15,21,24H,8-11,13H2,1H3. The van der Waals surface area contributed by atoms with Gasteiger partial charge in [0.1, 0.15) is 11.6 Å². The molecular formula is C21H23F2N3O. The molecule has 1 saturated heterocycles. The third-order valence-corrected chi connectivity index (χ3v) is 5.29. The van der Waals surface area contributed by atoms with Crippen molar-refractivity contribution < 1.29 is 13.5 Å². The molecule has 0 radical (unpaired) electrons. The summed E-state index contributed by atoms with van der Waals surface area (Å²) in [5.74, 6) is 1.62. The van der Waals surface area contributed by atoms with Gasteiger partial charge in [-0.2, -0.15) is 8.78 Å². The highest BCUT2D eigenvalue weighted by Gasteiger charge is 2.18. The number of benzene rings is 2. The van der Waals surface area contributed by atoms with E-state index in [1.165, 1.54) is 5.56 Å². The minimum absolute atomic E-state index is 0.211. The minimum atomic E-state index is -2.83. The van der Waals surface area contributed by atoms with Gasteiger partial charge in [-0.15, -0.1) is 0 Å². The van der Waals surface area contributed by atoms with E-state index in [2.05, 4.69) is 33.1 Å². The molecule has 4 rings (SSSR count). The maximum atomic E-state index is 12.7. The summed E-state index contributed by atoms with van der Waals surface area (Å²) in [5.41, 5.74) is 4.00. The van der Waals surface area contributed by atoms with E-state index in [0.717, 1.165) is 42.8 Å². The number of piperidine rings is 1. The van der Waals surface area contributed by atoms with E-state index >= 15 is 0 Å². The van der Waals surface area contributed by atoms with Crippen LogP contribution in [0.2, 0.25) is 0 Å². The molecule has 0 bridgehead atoms. The average Bonchev–Trinajstić information content (AvgIpc) is 2.98. The number of halogens is 2. The summed E-state index contributed by atoms with van der Waals surface area (Å²) in [4.78, 5) is 4.65. The zero-order valence-corrected chi connectivity index (χ0v) is 15.3. The maximum Gasteiger partial charge on any atom is 0.387 e. The van der Waals surface area contributed by atoms with E-state index in [9.17, 15) is 8.78 Å². The molecule has 1 aromatic heterocycles. The van der Waals surface area contributed by atoms with Gasteiger partial charge in [0.2, 0.25) is 0 Å². The summed E-state index contributed by atoms with van der Waals surface area (Å²) < 4.78 is 32.2. The normalized spacial score (nSPS) is 15.6. The van der Waals surface area contributed by atoms with E-state index in [-0.39, 0.29) is 5.75 Å². The summed E-state index contributed by atoms with van der Waals surface area (Å²) in [6.07, 6.45) is 2.26. The van der Waals surface area contributed by atoms with Crippen molar-refractivity contribution in [2.24, 2.45) is 0 Å². The molecule has 3 aromatic rings. The number of nitrogens with one attached hydrogen (secondary N) is 1. The van der Waals surface area contributed by atoms with Gasteiger partial charge in [0.05, 0.1) is 17.6 Å². The highest BCUT2D eigenvalue weighted by atomic mass is 19.3. The van der Waals surface area contributed by atoms with Gasteiger partial charge < -0.3 is 14.6 Å². The number of imidazole rings is 1. The van der Waals surface area contributed by atoms with Crippen molar-refractivity contribution in [3.8, 4) is 5.75 Å². The Morgan fingerprint density at radius 2 is 1.96 bits per heavy atom. The number of hydrogen-bond donors (Lipinski definition) is 1. The van der Waals surface area contributed by atoms with Gasteiger partial charge in [-0.1, -0.05) is 24.3 Å². The number of hydrogen-bond acceptors (Lipinski definition) is 3. The zero-order chi connectivity index (χ0) is 18.8. The predicted octanol–water partition coefficient (Wildman–Crippen LogP) is 4.46. The van der Waals surface area contributed by atoms with Crippen molar-refractivity contribution in [2.45, 2.75) is 38.8 Å². The van der Waals surface area contributed by atoms with Crippen LogP contribution in [0, 0.1) is 6.92 Å². The van der Waals surface area contributed by atoms with Crippen LogP contribution >= 0.6 is 0 Å². The molecule has 1 N–H and O–H groups in total. The molecule has 0 amide bonds. The van der Waals surface area contributed by atoms with E-state index in [1.54, 1.807) is 12.1 Å². The van der Waals surface area contributed by atoms with Gasteiger partial charge in [-0.25, -0.2) is 4.98 Å². The molecule has 4 nitrogen and oxygen atoms in total. The molecule has 2 heterocycles. The van der Waals surface area contributed by atoms with Crippen molar-refractivity contribution in [2.75, 3.05) is 13.1 Å². The fourth-order valence-corrected chi connectivity index (χ4v) is 3.88. The number of alkyl halides is 2.